The summed E-state index contributed by atoms with van der Waals surface area (Å²) in [6.45, 7) is 0.184. The summed E-state index contributed by atoms with van der Waals surface area (Å²) in [5, 5.41) is 0. The molecule has 0 aliphatic rings. The van der Waals surface area contributed by atoms with Gasteiger partial charge in [-0.1, -0.05) is 0 Å². The first-order valence-electron chi connectivity index (χ1n) is 3.32. The van der Waals surface area contributed by atoms with E-state index in [0.29, 0.717) is 11.7 Å². The lowest BCUT2D eigenvalue weighted by Gasteiger charge is -1.91. The van der Waals surface area contributed by atoms with Crippen LogP contribution in [0.25, 0.3) is 0 Å². The number of nitrogens with zero attached hydrogens (tertiary/aromatic N) is 1. The van der Waals surface area contributed by atoms with Gasteiger partial charge in [-0.25, -0.2) is 13.4 Å². The van der Waals surface area contributed by atoms with Crippen LogP contribution in [0.4, 0.5) is 0 Å². The van der Waals surface area contributed by atoms with Crippen molar-refractivity contribution >= 4 is 9.84 Å². The highest BCUT2D eigenvalue weighted by Gasteiger charge is 2.08. The molecule has 1 aromatic rings. The molecule has 0 saturated carbocycles. The summed E-state index contributed by atoms with van der Waals surface area (Å²) in [6, 6.07) is 0. The molecule has 0 saturated heterocycles. The Kier molecular flexibility index (Phi) is 2.49. The number of hydrogen-bond acceptors (Lipinski definition) is 5. The van der Waals surface area contributed by atoms with E-state index in [1.807, 2.05) is 0 Å². The Balaban J connectivity index is 2.78. The maximum atomic E-state index is 10.8. The molecule has 12 heavy (non-hydrogen) atoms. The van der Waals surface area contributed by atoms with Crippen LogP contribution in [0, 0.1) is 0 Å². The molecule has 68 valence electrons. The van der Waals surface area contributed by atoms with Crippen LogP contribution in [0.5, 0.6) is 0 Å². The maximum Gasteiger partial charge on any atom is 0.208 e. The van der Waals surface area contributed by atoms with Gasteiger partial charge in [0.05, 0.1) is 12.7 Å². The van der Waals surface area contributed by atoms with Gasteiger partial charge in [-0.3, -0.25) is 0 Å². The molecule has 0 aromatic carbocycles. The van der Waals surface area contributed by atoms with Crippen molar-refractivity contribution in [2.24, 2.45) is 5.73 Å². The molecule has 6 heteroatoms. The standard InChI is InChI=1S/C6H10N2O3S/c1-12(9,10)4-5-3-8-6(2-7)11-5/h3H,2,4,7H2,1H3. The highest BCUT2D eigenvalue weighted by molar-refractivity contribution is 7.89. The molecule has 0 bridgehead atoms. The van der Waals surface area contributed by atoms with Crippen molar-refractivity contribution in [3.05, 3.63) is 17.8 Å². The van der Waals surface area contributed by atoms with E-state index in [1.54, 1.807) is 0 Å². The van der Waals surface area contributed by atoms with E-state index < -0.39 is 9.84 Å². The van der Waals surface area contributed by atoms with Crippen LogP contribution in [-0.4, -0.2) is 19.7 Å². The number of oxazole rings is 1. The summed E-state index contributed by atoms with van der Waals surface area (Å²) in [6.07, 6.45) is 2.51. The second kappa shape index (κ2) is 3.24. The highest BCUT2D eigenvalue weighted by Crippen LogP contribution is 2.06. The van der Waals surface area contributed by atoms with Crippen LogP contribution >= 0.6 is 0 Å². The van der Waals surface area contributed by atoms with Crippen LogP contribution in [0.1, 0.15) is 11.7 Å². The second-order valence-corrected chi connectivity index (χ2v) is 4.63. The predicted molar refractivity (Wildman–Crippen MR) is 42.9 cm³/mol. The minimum absolute atomic E-state index is 0.125. The average molecular weight is 190 g/mol. The van der Waals surface area contributed by atoms with E-state index >= 15 is 0 Å². The van der Waals surface area contributed by atoms with Gasteiger partial charge in [0, 0.05) is 6.26 Å². The topological polar surface area (TPSA) is 86.2 Å². The van der Waals surface area contributed by atoms with E-state index in [9.17, 15) is 8.42 Å². The molecule has 0 unspecified atom stereocenters. The molecule has 0 aliphatic heterocycles. The molecule has 0 aliphatic carbocycles. The number of sulfone groups is 1. The Labute approximate surface area is 70.5 Å². The van der Waals surface area contributed by atoms with Crippen molar-refractivity contribution in [1.29, 1.82) is 0 Å². The molecule has 1 aromatic heterocycles. The first-order valence-corrected chi connectivity index (χ1v) is 5.38. The smallest absolute Gasteiger partial charge is 0.208 e. The van der Waals surface area contributed by atoms with Gasteiger partial charge in [-0.05, 0) is 0 Å². The molecule has 0 fully saturated rings. The minimum Gasteiger partial charge on any atom is -0.443 e. The molecular formula is C6H10N2O3S. The predicted octanol–water partition coefficient (Wildman–Crippen LogP) is -0.322. The Bertz CT molecular complexity index is 355. The molecule has 0 atom stereocenters. The summed E-state index contributed by atoms with van der Waals surface area (Å²) in [5.41, 5.74) is 5.22. The summed E-state index contributed by atoms with van der Waals surface area (Å²) in [7, 11) is -3.05. The lowest BCUT2D eigenvalue weighted by Crippen LogP contribution is -1.99. The van der Waals surface area contributed by atoms with Crippen molar-refractivity contribution in [3.63, 3.8) is 0 Å². The van der Waals surface area contributed by atoms with Crippen molar-refractivity contribution < 1.29 is 12.8 Å². The van der Waals surface area contributed by atoms with Crippen LogP contribution in [-0.2, 0) is 22.1 Å². The number of aromatic nitrogens is 1. The zero-order valence-corrected chi connectivity index (χ0v) is 7.47. The van der Waals surface area contributed by atoms with E-state index in [0.717, 1.165) is 6.26 Å². The quantitative estimate of drug-likeness (QED) is 0.705. The molecule has 0 radical (unpaired) electrons. The lowest BCUT2D eigenvalue weighted by molar-refractivity contribution is 0.467. The normalized spacial score (nSPS) is 11.8. The molecular weight excluding hydrogens is 180 g/mol. The summed E-state index contributed by atoms with van der Waals surface area (Å²) in [4.78, 5) is 3.76. The van der Waals surface area contributed by atoms with Gasteiger partial charge in [0.15, 0.2) is 9.84 Å². The summed E-state index contributed by atoms with van der Waals surface area (Å²) in [5.74, 6) is 0.562. The Morgan fingerprint density at radius 2 is 2.33 bits per heavy atom. The zero-order chi connectivity index (χ0) is 9.19. The lowest BCUT2D eigenvalue weighted by atomic mass is 10.6. The van der Waals surface area contributed by atoms with Gasteiger partial charge < -0.3 is 10.2 Å². The first-order chi connectivity index (χ1) is 5.51. The minimum atomic E-state index is -3.05. The fraction of sp³-hybridized carbons (Fsp3) is 0.500. The van der Waals surface area contributed by atoms with Gasteiger partial charge >= 0.3 is 0 Å². The highest BCUT2D eigenvalue weighted by atomic mass is 32.2. The van der Waals surface area contributed by atoms with Gasteiger partial charge in [-0.15, -0.1) is 0 Å². The third kappa shape index (κ3) is 2.63. The first kappa shape index (κ1) is 9.21. The molecule has 1 rings (SSSR count). The van der Waals surface area contributed by atoms with E-state index in [1.165, 1.54) is 6.20 Å². The molecule has 5 nitrogen and oxygen atoms in total. The van der Waals surface area contributed by atoms with Gasteiger partial charge in [0.2, 0.25) is 5.89 Å². The van der Waals surface area contributed by atoms with Crippen molar-refractivity contribution in [3.8, 4) is 0 Å². The van der Waals surface area contributed by atoms with Crippen LogP contribution < -0.4 is 5.73 Å². The van der Waals surface area contributed by atoms with Crippen molar-refractivity contribution in [2.45, 2.75) is 12.3 Å². The van der Waals surface area contributed by atoms with Gasteiger partial charge in [0.25, 0.3) is 0 Å². The Hall–Kier alpha value is -0.880. The zero-order valence-electron chi connectivity index (χ0n) is 6.65. The van der Waals surface area contributed by atoms with E-state index in [-0.39, 0.29) is 12.3 Å². The number of nitrogens with two attached hydrogens (primary N) is 1. The Morgan fingerprint density at radius 1 is 1.67 bits per heavy atom. The monoisotopic (exact) mass is 190 g/mol. The summed E-state index contributed by atoms with van der Waals surface area (Å²) >= 11 is 0. The fourth-order valence-electron chi connectivity index (χ4n) is 0.768. The second-order valence-electron chi connectivity index (χ2n) is 2.49. The van der Waals surface area contributed by atoms with Crippen LogP contribution in [0.2, 0.25) is 0 Å². The maximum absolute atomic E-state index is 10.8. The summed E-state index contributed by atoms with van der Waals surface area (Å²) < 4.78 is 26.6. The fourth-order valence-corrected chi connectivity index (χ4v) is 1.42. The number of hydrogen-bond donors (Lipinski definition) is 1. The molecule has 2 N–H and O–H groups in total. The third-order valence-corrected chi connectivity index (χ3v) is 1.99. The van der Waals surface area contributed by atoms with Crippen LogP contribution in [0.15, 0.2) is 10.6 Å². The third-order valence-electron chi connectivity index (χ3n) is 1.18. The Morgan fingerprint density at radius 3 is 2.75 bits per heavy atom. The molecule has 0 amide bonds. The molecule has 1 heterocycles. The van der Waals surface area contributed by atoms with Gasteiger partial charge in [-0.2, -0.15) is 0 Å². The van der Waals surface area contributed by atoms with E-state index in [2.05, 4.69) is 4.98 Å². The number of rotatable bonds is 3. The molecule has 0 spiro atoms. The van der Waals surface area contributed by atoms with Crippen molar-refractivity contribution in [1.82, 2.24) is 4.98 Å². The largest absolute Gasteiger partial charge is 0.443 e. The van der Waals surface area contributed by atoms with Gasteiger partial charge in [0.1, 0.15) is 11.5 Å². The van der Waals surface area contributed by atoms with E-state index in [4.69, 9.17) is 10.2 Å². The average Bonchev–Trinajstić information content (AvgIpc) is 2.32. The SMILES string of the molecule is CS(=O)(=O)Cc1cnc(CN)o1. The van der Waals surface area contributed by atoms with Crippen molar-refractivity contribution in [2.75, 3.05) is 6.26 Å². The van der Waals surface area contributed by atoms with Crippen LogP contribution in [0.3, 0.4) is 0 Å².